The molecule has 0 radical (unpaired) electrons. The van der Waals surface area contributed by atoms with E-state index in [1.54, 1.807) is 11.1 Å². The number of aromatic nitrogens is 4. The lowest BCUT2D eigenvalue weighted by Crippen LogP contribution is -2.58. The van der Waals surface area contributed by atoms with Crippen LogP contribution in [0.5, 0.6) is 0 Å². The quantitative estimate of drug-likeness (QED) is 0.0273. The van der Waals surface area contributed by atoms with Crippen molar-refractivity contribution in [3.8, 4) is 22.4 Å². The second-order valence-electron chi connectivity index (χ2n) is 25.4. The number of aromatic carboxylic acids is 1. The number of nitrogens with one attached hydrogen (secondary N) is 1. The molecule has 4 fully saturated rings. The van der Waals surface area contributed by atoms with Gasteiger partial charge in [0.1, 0.15) is 5.78 Å². The van der Waals surface area contributed by atoms with E-state index in [4.69, 9.17) is 52.7 Å². The first-order valence-corrected chi connectivity index (χ1v) is 34.2. The minimum atomic E-state index is -1.12. The summed E-state index contributed by atoms with van der Waals surface area (Å²) in [6.07, 6.45) is 15.3. The third-order valence-corrected chi connectivity index (χ3v) is 19.4. The number of rotatable bonds is 43. The summed E-state index contributed by atoms with van der Waals surface area (Å²) < 4.78 is 54.5. The molecule has 5 aromatic rings. The number of carboxylic acids is 1. The molecule has 23 nitrogen and oxygen atoms in total. The summed E-state index contributed by atoms with van der Waals surface area (Å²) in [6.45, 7) is 10.8. The zero-order chi connectivity index (χ0) is 65.7. The number of fused-ring (bicyclic) bond motifs is 2. The molecule has 4 amide bonds. The van der Waals surface area contributed by atoms with Crippen LogP contribution in [0, 0.1) is 24.2 Å². The van der Waals surface area contributed by atoms with Gasteiger partial charge in [-0.15, -0.1) is 0 Å². The first-order valence-electron chi connectivity index (χ1n) is 33.4. The average molecular weight is 1320 g/mol. The van der Waals surface area contributed by atoms with E-state index < -0.39 is 5.97 Å². The lowest BCUT2D eigenvalue weighted by molar-refractivity contribution is -0.197. The Balaban J connectivity index is 0.542. The maximum Gasteiger partial charge on any atom is 0.355 e. The molecule has 3 unspecified atom stereocenters. The lowest BCUT2D eigenvalue weighted by Gasteiger charge is -2.61. The van der Waals surface area contributed by atoms with Crippen LogP contribution >= 0.6 is 11.3 Å². The summed E-state index contributed by atoms with van der Waals surface area (Å²) in [5.74, 6) is -1.17. The van der Waals surface area contributed by atoms with Crippen LogP contribution in [0.2, 0.25) is 0 Å². The third-order valence-electron chi connectivity index (χ3n) is 18.5. The van der Waals surface area contributed by atoms with Crippen LogP contribution in [0.25, 0.3) is 32.6 Å². The first-order chi connectivity index (χ1) is 45.7. The molecule has 5 aliphatic carbocycles. The van der Waals surface area contributed by atoms with E-state index in [-0.39, 0.29) is 71.4 Å². The molecule has 2 N–H and O–H groups in total. The topological polar surface area (TPSA) is 268 Å². The van der Waals surface area contributed by atoms with E-state index in [2.05, 4.69) is 15.0 Å². The Morgan fingerprint density at radius 1 is 0.702 bits per heavy atom. The van der Waals surface area contributed by atoms with Crippen molar-refractivity contribution in [2.24, 2.45) is 17.3 Å². The summed E-state index contributed by atoms with van der Waals surface area (Å²) in [5.41, 5.74) is 6.12. The molecule has 508 valence electrons. The molecule has 6 aliphatic rings. The van der Waals surface area contributed by atoms with Crippen molar-refractivity contribution in [1.29, 1.82) is 0 Å². The van der Waals surface area contributed by atoms with Gasteiger partial charge in [0.2, 0.25) is 11.8 Å². The molecular weight excluding hydrogens is 1230 g/mol. The number of hydrogen-bond acceptors (Lipinski definition) is 19. The van der Waals surface area contributed by atoms with Crippen molar-refractivity contribution in [2.45, 2.75) is 115 Å². The number of carbonyl (C=O) groups excluding carboxylic acids is 5. The highest BCUT2D eigenvalue weighted by Gasteiger charge is 2.58. The molecule has 3 atom stereocenters. The summed E-state index contributed by atoms with van der Waals surface area (Å²) in [5, 5.41) is 19.2. The molecule has 11 rings (SSSR count). The molecule has 0 spiro atoms. The number of ketones is 1. The zero-order valence-electron chi connectivity index (χ0n) is 54.4. The van der Waals surface area contributed by atoms with E-state index in [1.165, 1.54) is 29.9 Å². The Morgan fingerprint density at radius 2 is 1.33 bits per heavy atom. The van der Waals surface area contributed by atoms with Crippen LogP contribution in [-0.2, 0) is 79.6 Å². The second-order valence-corrected chi connectivity index (χ2v) is 26.4. The van der Waals surface area contributed by atoms with Gasteiger partial charge in [-0.1, -0.05) is 35.6 Å². The van der Waals surface area contributed by atoms with Crippen molar-refractivity contribution in [3.05, 3.63) is 95.5 Å². The van der Waals surface area contributed by atoms with Crippen LogP contribution in [0.15, 0.2) is 72.9 Å². The number of nitrogens with zero attached hydrogens (tertiary/aromatic N) is 6. The van der Waals surface area contributed by atoms with Crippen LogP contribution in [0.3, 0.4) is 0 Å². The molecule has 4 saturated carbocycles. The van der Waals surface area contributed by atoms with Gasteiger partial charge in [-0.2, -0.15) is 5.10 Å². The molecule has 94 heavy (non-hydrogen) atoms. The number of anilines is 1. The SMILES string of the molecule is Cc1c(-c2ccc(-c3ccc4c(c3)C(C(=O)Nc3nc5ccccc5s3)CCC4)nc2C(=O)O)cnn1CC12CC3CC(C1)CC(OCCCN(C)C(=O)CCOCCOCCOCCOCCOCCOCCOCCOCCCC(=O)CCN1C(=O)C=CC1=O)(C3)C2. The molecule has 0 saturated heterocycles. The summed E-state index contributed by atoms with van der Waals surface area (Å²) in [6, 6.07) is 17.6. The fourth-order valence-corrected chi connectivity index (χ4v) is 15.2. The highest BCUT2D eigenvalue weighted by Crippen LogP contribution is 2.63. The molecule has 3 aromatic heterocycles. The molecule has 2 aromatic carbocycles. The fraction of sp³-hybridized carbons (Fsp3) is 0.586. The maximum absolute atomic E-state index is 13.8. The highest BCUT2D eigenvalue weighted by atomic mass is 32.1. The van der Waals surface area contributed by atoms with Crippen molar-refractivity contribution < 1.29 is 76.5 Å². The summed E-state index contributed by atoms with van der Waals surface area (Å²) in [7, 11) is 1.83. The Bertz CT molecular complexity index is 3340. The van der Waals surface area contributed by atoms with Gasteiger partial charge in [-0.3, -0.25) is 33.6 Å². The minimum absolute atomic E-state index is 0.0136. The lowest BCUT2D eigenvalue weighted by atomic mass is 9.48. The number of para-hydroxylation sites is 1. The minimum Gasteiger partial charge on any atom is -0.476 e. The van der Waals surface area contributed by atoms with E-state index in [0.29, 0.717) is 166 Å². The maximum atomic E-state index is 13.8. The fourth-order valence-electron chi connectivity index (χ4n) is 14.3. The molecule has 4 bridgehead atoms. The number of pyridine rings is 1. The standard InChI is InChI=1S/C70H91N7O16S/c1-49-58(55-15-16-59(72-65(55)67(83)84)53-14-13-52-8-5-10-56(57(52)41-53)66(82)74-68-73-60-11-3-4-12-61(60)94-68)46-71-77(49)48-69-42-50-40-51(43-69)45-70(44-50,47-69)93-24-7-21-75(2)62(79)20-25-86-27-29-88-31-33-90-35-37-92-39-38-91-36-34-89-32-30-87-28-26-85-23-6-9-54(78)19-22-76-63(80)17-18-64(76)81/h3-4,11-18,41,46,50-51,56H,5-10,19-40,42-45,47-48H2,1-2H3,(H,83,84)(H,73,74,82). The molecule has 1 aliphatic heterocycles. The van der Waals surface area contributed by atoms with Gasteiger partial charge in [0.05, 0.1) is 139 Å². The van der Waals surface area contributed by atoms with Gasteiger partial charge in [0, 0.05) is 87.3 Å². The Kier molecular flexibility index (Phi) is 26.0. The Morgan fingerprint density at radius 3 is 1.97 bits per heavy atom. The van der Waals surface area contributed by atoms with Crippen molar-refractivity contribution in [2.75, 3.05) is 138 Å². The third kappa shape index (κ3) is 19.5. The Hall–Kier alpha value is -6.71. The number of Topliss-reactive ketones (excluding diaryl/α,β-unsaturated/α-hetero) is 1. The van der Waals surface area contributed by atoms with Gasteiger partial charge in [-0.05, 0) is 136 Å². The van der Waals surface area contributed by atoms with Crippen LogP contribution < -0.4 is 5.32 Å². The van der Waals surface area contributed by atoms with Crippen LogP contribution in [0.1, 0.15) is 117 Å². The monoisotopic (exact) mass is 1320 g/mol. The molecule has 24 heteroatoms. The predicted octanol–water partition coefficient (Wildman–Crippen LogP) is 8.68. The molecular formula is C70H91N7O16S. The number of benzene rings is 2. The number of amides is 4. The van der Waals surface area contributed by atoms with Gasteiger partial charge < -0.3 is 58.0 Å². The van der Waals surface area contributed by atoms with E-state index in [1.807, 2.05) is 68.6 Å². The number of aryl methyl sites for hydroxylation is 1. The van der Waals surface area contributed by atoms with Gasteiger partial charge in [-0.25, -0.2) is 14.8 Å². The number of carbonyl (C=O) groups is 6. The summed E-state index contributed by atoms with van der Waals surface area (Å²) >= 11 is 1.46. The number of carboxylic acid groups (broad SMARTS) is 1. The normalized spacial score (nSPS) is 20.4. The van der Waals surface area contributed by atoms with Crippen molar-refractivity contribution >= 4 is 62.1 Å². The van der Waals surface area contributed by atoms with E-state index in [9.17, 15) is 33.9 Å². The largest absolute Gasteiger partial charge is 0.476 e. The van der Waals surface area contributed by atoms with Crippen molar-refractivity contribution in [1.82, 2.24) is 29.5 Å². The first kappa shape index (κ1) is 70.1. The van der Waals surface area contributed by atoms with Gasteiger partial charge in [0.15, 0.2) is 10.8 Å². The smallest absolute Gasteiger partial charge is 0.355 e. The van der Waals surface area contributed by atoms with Crippen LogP contribution in [-0.4, -0.2) is 208 Å². The highest BCUT2D eigenvalue weighted by molar-refractivity contribution is 7.22. The number of imide groups is 1. The zero-order valence-corrected chi connectivity index (χ0v) is 55.2. The van der Waals surface area contributed by atoms with E-state index in [0.717, 1.165) is 101 Å². The van der Waals surface area contributed by atoms with Gasteiger partial charge in [0.25, 0.3) is 11.8 Å². The van der Waals surface area contributed by atoms with E-state index >= 15 is 0 Å². The van der Waals surface area contributed by atoms with Crippen LogP contribution in [0.4, 0.5) is 5.13 Å². The van der Waals surface area contributed by atoms with Gasteiger partial charge >= 0.3 is 5.97 Å². The average Bonchev–Trinajstić information content (AvgIpc) is 0.937. The number of ether oxygens (including phenoxy) is 9. The number of hydrogen-bond donors (Lipinski definition) is 2. The molecule has 4 heterocycles. The predicted molar refractivity (Wildman–Crippen MR) is 350 cm³/mol. The number of thiazole rings is 1. The Labute approximate surface area is 553 Å². The van der Waals surface area contributed by atoms with Crippen molar-refractivity contribution in [3.63, 3.8) is 0 Å². The second kappa shape index (κ2) is 34.8. The summed E-state index contributed by atoms with van der Waals surface area (Å²) in [4.78, 5) is 87.1.